The monoisotopic (exact) mass is 648 g/mol. The number of nitrogens with zero attached hydrogens (tertiary/aromatic N) is 5. The Labute approximate surface area is 271 Å². The minimum atomic E-state index is -1.09. The maximum Gasteiger partial charge on any atom is 0.303 e. The third kappa shape index (κ3) is 7.33. The van der Waals surface area contributed by atoms with E-state index in [4.69, 9.17) is 10.2 Å². The van der Waals surface area contributed by atoms with E-state index in [0.717, 1.165) is 42.8 Å². The molecule has 0 bridgehead atoms. The van der Waals surface area contributed by atoms with Gasteiger partial charge in [-0.3, -0.25) is 14.5 Å². The molecule has 9 nitrogen and oxygen atoms in total. The van der Waals surface area contributed by atoms with E-state index < -0.39 is 12.1 Å². The normalized spacial score (nSPS) is 20.1. The molecule has 2 aromatic carbocycles. The second-order valence-electron chi connectivity index (χ2n) is 12.1. The molecule has 1 amide bonds. The van der Waals surface area contributed by atoms with Crippen molar-refractivity contribution in [1.82, 2.24) is 24.8 Å². The van der Waals surface area contributed by atoms with Crippen LogP contribution in [0.4, 0.5) is 14.6 Å². The molecule has 0 saturated carbocycles. The van der Waals surface area contributed by atoms with E-state index in [1.54, 1.807) is 18.2 Å². The van der Waals surface area contributed by atoms with Crippen LogP contribution in [0.2, 0.25) is 0 Å². The van der Waals surface area contributed by atoms with Gasteiger partial charge in [-0.1, -0.05) is 24.3 Å². The van der Waals surface area contributed by atoms with Gasteiger partial charge in [0.15, 0.2) is 11.3 Å². The summed E-state index contributed by atoms with van der Waals surface area (Å²) in [5, 5.41) is 16.7. The first-order chi connectivity index (χ1) is 22.3. The molecule has 4 aromatic rings. The van der Waals surface area contributed by atoms with Crippen LogP contribution in [-0.4, -0.2) is 74.6 Å². The Morgan fingerprint density at radius 1 is 1.09 bits per heavy atom. The zero-order valence-corrected chi connectivity index (χ0v) is 26.6. The number of anilines is 1. The smallest absolute Gasteiger partial charge is 0.303 e. The summed E-state index contributed by atoms with van der Waals surface area (Å²) in [5.41, 5.74) is 3.93. The maximum atomic E-state index is 14.8. The van der Waals surface area contributed by atoms with Crippen LogP contribution < -0.4 is 10.2 Å². The van der Waals surface area contributed by atoms with Crippen LogP contribution in [-0.2, 0) is 17.8 Å². The number of fused-ring (bicyclic) bond motifs is 1. The van der Waals surface area contributed by atoms with Gasteiger partial charge in [-0.05, 0) is 79.0 Å². The third-order valence-corrected chi connectivity index (χ3v) is 9.60. The number of carboxylic acids is 1. The lowest BCUT2D eigenvalue weighted by Crippen LogP contribution is -2.37. The van der Waals surface area contributed by atoms with Crippen LogP contribution in [0.1, 0.15) is 65.3 Å². The molecule has 2 N–H and O–H groups in total. The highest BCUT2D eigenvalue weighted by atomic mass is 32.2. The number of amides is 1. The summed E-state index contributed by atoms with van der Waals surface area (Å²) in [5.74, 6) is -0.901. The van der Waals surface area contributed by atoms with Crippen LogP contribution in [0.25, 0.3) is 5.65 Å². The van der Waals surface area contributed by atoms with Crippen molar-refractivity contribution in [3.63, 3.8) is 0 Å². The van der Waals surface area contributed by atoms with Gasteiger partial charge in [0.2, 0.25) is 0 Å². The number of likely N-dealkylation sites (tertiary alicyclic amines) is 1. The van der Waals surface area contributed by atoms with Crippen molar-refractivity contribution < 1.29 is 23.5 Å². The van der Waals surface area contributed by atoms with E-state index in [0.29, 0.717) is 30.1 Å². The largest absolute Gasteiger partial charge is 0.481 e. The lowest BCUT2D eigenvalue weighted by atomic mass is 10.0. The van der Waals surface area contributed by atoms with Gasteiger partial charge in [0.25, 0.3) is 5.91 Å². The minimum Gasteiger partial charge on any atom is -0.481 e. The fourth-order valence-corrected chi connectivity index (χ4v) is 7.21. The Balaban J connectivity index is 1.11. The van der Waals surface area contributed by atoms with Crippen LogP contribution in [0.3, 0.4) is 0 Å². The first-order valence-electron chi connectivity index (χ1n) is 15.7. The van der Waals surface area contributed by atoms with Gasteiger partial charge < -0.3 is 15.3 Å². The van der Waals surface area contributed by atoms with Crippen molar-refractivity contribution in [2.45, 2.75) is 68.2 Å². The Kier molecular flexibility index (Phi) is 9.83. The summed E-state index contributed by atoms with van der Waals surface area (Å²) >= 11 is 1.50. The van der Waals surface area contributed by atoms with Crippen LogP contribution in [0.5, 0.6) is 0 Å². The predicted molar refractivity (Wildman–Crippen MR) is 174 cm³/mol. The van der Waals surface area contributed by atoms with E-state index in [2.05, 4.69) is 33.4 Å². The molecule has 0 aliphatic carbocycles. The van der Waals surface area contributed by atoms with Crippen LogP contribution >= 0.6 is 11.8 Å². The molecule has 0 radical (unpaired) electrons. The highest BCUT2D eigenvalue weighted by Gasteiger charge is 2.36. The highest BCUT2D eigenvalue weighted by Crippen LogP contribution is 2.40. The van der Waals surface area contributed by atoms with Gasteiger partial charge in [-0.15, -0.1) is 16.9 Å². The molecule has 242 valence electrons. The summed E-state index contributed by atoms with van der Waals surface area (Å²) in [6.45, 7) is 2.45. The molecule has 2 saturated heterocycles. The van der Waals surface area contributed by atoms with E-state index >= 15 is 0 Å². The number of carbonyl (C=O) groups excluding carboxylic acids is 1. The number of benzene rings is 2. The number of unbranched alkanes of at least 4 members (excludes halogenated alkanes) is 1. The number of alkyl halides is 1. The molecule has 2 aliphatic rings. The van der Waals surface area contributed by atoms with Crippen molar-refractivity contribution in [3.05, 3.63) is 89.0 Å². The standard InChI is InChI=1S/C34H38F2N6O3S/c1-46-30-10-9-24(35)16-27(30)28-17-25(36)20-41(28)32-12-11-31-37-18-29(42(31)39-32)34(45)38-26-13-14-40(21-26)19-23-7-4-6-22(15-23)5-2-3-8-33(43)44/h4,6-7,9-12,15-16,18,25-26,28H,2-3,5,8,13-14,17,19-21H2,1H3,(H,38,45)(H,43,44)/t25-,26-,28+/m0/s1. The number of hydrogen-bond acceptors (Lipinski definition) is 7. The van der Waals surface area contributed by atoms with Crippen molar-refractivity contribution in [2.75, 3.05) is 30.8 Å². The van der Waals surface area contributed by atoms with Gasteiger partial charge >= 0.3 is 5.97 Å². The zero-order chi connectivity index (χ0) is 32.2. The van der Waals surface area contributed by atoms with Crippen LogP contribution in [0.15, 0.2) is 65.7 Å². The zero-order valence-electron chi connectivity index (χ0n) is 25.7. The van der Waals surface area contributed by atoms with Gasteiger partial charge in [0.05, 0.1) is 18.8 Å². The molecule has 0 unspecified atom stereocenters. The molecule has 6 rings (SSSR count). The summed E-state index contributed by atoms with van der Waals surface area (Å²) in [7, 11) is 0. The lowest BCUT2D eigenvalue weighted by Gasteiger charge is -2.27. The summed E-state index contributed by atoms with van der Waals surface area (Å²) in [6, 6.07) is 16.1. The number of aryl methyl sites for hydroxylation is 1. The number of aliphatic carboxylic acids is 1. The van der Waals surface area contributed by atoms with Gasteiger partial charge in [0, 0.05) is 43.4 Å². The molecule has 2 fully saturated rings. The second-order valence-corrected chi connectivity index (χ2v) is 13.0. The quantitative estimate of drug-likeness (QED) is 0.150. The number of rotatable bonds is 12. The van der Waals surface area contributed by atoms with E-state index in [1.165, 1.54) is 45.7 Å². The van der Waals surface area contributed by atoms with Crippen molar-refractivity contribution >= 4 is 35.1 Å². The van der Waals surface area contributed by atoms with Crippen molar-refractivity contribution in [2.24, 2.45) is 0 Å². The van der Waals surface area contributed by atoms with E-state index in [-0.39, 0.29) is 43.2 Å². The fraction of sp³-hybridized carbons (Fsp3) is 0.412. The van der Waals surface area contributed by atoms with Gasteiger partial charge in [0.1, 0.15) is 17.8 Å². The topological polar surface area (TPSA) is 103 Å². The number of nitrogens with one attached hydrogen (secondary N) is 1. The molecule has 2 aliphatic heterocycles. The predicted octanol–water partition coefficient (Wildman–Crippen LogP) is 5.68. The van der Waals surface area contributed by atoms with Crippen molar-refractivity contribution in [3.8, 4) is 0 Å². The number of imidazole rings is 1. The highest BCUT2D eigenvalue weighted by molar-refractivity contribution is 7.98. The Bertz CT molecular complexity index is 1720. The Morgan fingerprint density at radius 3 is 2.76 bits per heavy atom. The average Bonchev–Trinajstić information content (AvgIpc) is 3.77. The molecule has 2 aromatic heterocycles. The Morgan fingerprint density at radius 2 is 1.93 bits per heavy atom. The third-order valence-electron chi connectivity index (χ3n) is 8.79. The molecule has 12 heteroatoms. The molecular formula is C34H38F2N6O3S. The van der Waals surface area contributed by atoms with E-state index in [9.17, 15) is 18.4 Å². The van der Waals surface area contributed by atoms with Gasteiger partial charge in [-0.2, -0.15) is 0 Å². The van der Waals surface area contributed by atoms with Crippen molar-refractivity contribution in [1.29, 1.82) is 0 Å². The lowest BCUT2D eigenvalue weighted by molar-refractivity contribution is -0.137. The number of halogens is 2. The number of hydrogen-bond donors (Lipinski definition) is 2. The number of aromatic nitrogens is 3. The molecule has 0 spiro atoms. The summed E-state index contributed by atoms with van der Waals surface area (Å²) in [6.07, 6.45) is 5.93. The average molecular weight is 649 g/mol. The minimum absolute atomic E-state index is 0.0337. The summed E-state index contributed by atoms with van der Waals surface area (Å²) in [4.78, 5) is 33.7. The number of thioether (sulfide) groups is 1. The second kappa shape index (κ2) is 14.2. The number of carboxylic acid groups (broad SMARTS) is 1. The summed E-state index contributed by atoms with van der Waals surface area (Å²) < 4.78 is 30.6. The number of carbonyl (C=O) groups is 2. The van der Waals surface area contributed by atoms with Gasteiger partial charge in [-0.25, -0.2) is 18.3 Å². The fourth-order valence-electron chi connectivity index (χ4n) is 6.57. The molecule has 3 atom stereocenters. The molecular weight excluding hydrogens is 610 g/mol. The molecule has 4 heterocycles. The van der Waals surface area contributed by atoms with E-state index in [1.807, 2.05) is 17.2 Å². The maximum absolute atomic E-state index is 14.8. The van der Waals surface area contributed by atoms with Crippen LogP contribution in [0, 0.1) is 5.82 Å². The first-order valence-corrected chi connectivity index (χ1v) is 16.9. The Hall–Kier alpha value is -4.03. The first kappa shape index (κ1) is 31.9. The molecule has 46 heavy (non-hydrogen) atoms. The SMILES string of the molecule is CSc1ccc(F)cc1[C@H]1C[C@H](F)CN1c1ccc2ncc(C(=O)N[C@H]3CCN(Cc4cccc(CCCCC(=O)O)c4)C3)n2n1.